The number of hydrogen-bond donors (Lipinski definition) is 1. The van der Waals surface area contributed by atoms with Crippen molar-refractivity contribution >= 4 is 34.5 Å². The minimum absolute atomic E-state index is 0.173. The zero-order valence-electron chi connectivity index (χ0n) is 16.0. The highest BCUT2D eigenvalue weighted by molar-refractivity contribution is 7.15. The summed E-state index contributed by atoms with van der Waals surface area (Å²) >= 11 is 1.22. The number of thiophene rings is 1. The van der Waals surface area contributed by atoms with Gasteiger partial charge in [-0.2, -0.15) is 0 Å². The monoisotopic (exact) mass is 412 g/mol. The Morgan fingerprint density at radius 1 is 1.32 bits per heavy atom. The molecule has 0 bridgehead atoms. The average molecular weight is 413 g/mol. The zero-order chi connectivity index (χ0) is 20.3. The summed E-state index contributed by atoms with van der Waals surface area (Å²) in [6.45, 7) is 2.13. The number of carbonyl (C=O) groups is 2. The van der Waals surface area contributed by atoms with Gasteiger partial charge < -0.3 is 10.0 Å². The first-order chi connectivity index (χ1) is 13.4. The summed E-state index contributed by atoms with van der Waals surface area (Å²) in [5.74, 6) is -1.25. The molecule has 1 fully saturated rings. The summed E-state index contributed by atoms with van der Waals surface area (Å²) in [5, 5.41) is 9.71. The molecule has 8 heteroatoms. The third kappa shape index (κ3) is 4.78. The topological polar surface area (TPSA) is 60.9 Å². The summed E-state index contributed by atoms with van der Waals surface area (Å²) in [6.07, 6.45) is 5.03. The van der Waals surface area contributed by atoms with E-state index in [4.69, 9.17) is 0 Å². The lowest BCUT2D eigenvalue weighted by Crippen LogP contribution is -2.48. The molecule has 154 valence electrons. The maximum absolute atomic E-state index is 12.6. The molecule has 1 aliphatic carbocycles. The number of aromatic carboxylic acids is 1. The number of carbonyl (C=O) groups excluding carboxylic acids is 1. The van der Waals surface area contributed by atoms with Gasteiger partial charge in [0.2, 0.25) is 5.91 Å². The number of rotatable bonds is 6. The van der Waals surface area contributed by atoms with Gasteiger partial charge in [0, 0.05) is 30.9 Å². The molecule has 5 nitrogen and oxygen atoms in total. The van der Waals surface area contributed by atoms with Crippen molar-refractivity contribution in [3.8, 4) is 0 Å². The maximum Gasteiger partial charge on any atom is 0.348 e. The van der Waals surface area contributed by atoms with Gasteiger partial charge in [-0.25, -0.2) is 13.6 Å². The van der Waals surface area contributed by atoms with E-state index in [1.807, 2.05) is 6.07 Å². The summed E-state index contributed by atoms with van der Waals surface area (Å²) in [6, 6.07) is 1.66. The first kappa shape index (κ1) is 20.9. The van der Waals surface area contributed by atoms with Crippen LogP contribution in [0.3, 0.4) is 0 Å². The molecule has 2 aliphatic rings. The van der Waals surface area contributed by atoms with Crippen LogP contribution < -0.4 is 4.90 Å². The number of piperidine rings is 1. The molecular weight excluding hydrogens is 386 g/mol. The molecule has 1 amide bonds. The summed E-state index contributed by atoms with van der Waals surface area (Å²) in [4.78, 5) is 28.7. The molecule has 0 atom stereocenters. The molecule has 3 rings (SSSR count). The zero-order valence-corrected chi connectivity index (χ0v) is 16.8. The molecule has 1 aromatic rings. The van der Waals surface area contributed by atoms with E-state index < -0.39 is 12.4 Å². The second-order valence-corrected chi connectivity index (χ2v) is 8.47. The molecule has 0 unspecified atom stereocenters. The van der Waals surface area contributed by atoms with Crippen molar-refractivity contribution in [2.45, 2.75) is 57.9 Å². The van der Waals surface area contributed by atoms with Gasteiger partial charge in [0.25, 0.3) is 6.43 Å². The lowest BCUT2D eigenvalue weighted by Gasteiger charge is -2.38. The van der Waals surface area contributed by atoms with Crippen molar-refractivity contribution in [1.82, 2.24) is 4.90 Å². The van der Waals surface area contributed by atoms with Crippen molar-refractivity contribution < 1.29 is 23.5 Å². The van der Waals surface area contributed by atoms with Crippen molar-refractivity contribution in [3.63, 3.8) is 0 Å². The number of anilines is 1. The Hall–Kier alpha value is -1.80. The van der Waals surface area contributed by atoms with Crippen LogP contribution >= 0.6 is 11.3 Å². The highest BCUT2D eigenvalue weighted by Crippen LogP contribution is 2.39. The SMILES string of the molecule is CC(=O)N(c1cc(C2=CCCCC2)sc1C(=O)O)C1CCN(CC(F)F)CC1. The fourth-order valence-electron chi connectivity index (χ4n) is 4.11. The standard InChI is InChI=1S/C20H26F2N2O3S/c1-13(25)24(15-7-9-23(10-8-15)12-18(21)22)16-11-17(28-19(16)20(26)27)14-5-3-2-4-6-14/h5,11,15,18H,2-4,6-10,12H2,1H3,(H,26,27). The number of carboxylic acid groups (broad SMARTS) is 1. The molecule has 1 aromatic heterocycles. The van der Waals surface area contributed by atoms with Gasteiger partial charge in [-0.3, -0.25) is 9.69 Å². The molecule has 0 radical (unpaired) electrons. The van der Waals surface area contributed by atoms with Crippen LogP contribution in [-0.2, 0) is 4.79 Å². The number of halogens is 2. The third-order valence-electron chi connectivity index (χ3n) is 5.43. The van der Waals surface area contributed by atoms with Gasteiger partial charge in [0.05, 0.1) is 12.2 Å². The Kier molecular flexibility index (Phi) is 6.82. The van der Waals surface area contributed by atoms with Crippen molar-refractivity contribution in [2.75, 3.05) is 24.5 Å². The van der Waals surface area contributed by atoms with Crippen molar-refractivity contribution in [3.05, 3.63) is 21.9 Å². The van der Waals surface area contributed by atoms with E-state index in [2.05, 4.69) is 6.08 Å². The van der Waals surface area contributed by atoms with Crippen LogP contribution in [0.1, 0.15) is 60.0 Å². The quantitative estimate of drug-likeness (QED) is 0.748. The largest absolute Gasteiger partial charge is 0.477 e. The van der Waals surface area contributed by atoms with Crippen molar-refractivity contribution in [1.29, 1.82) is 0 Å². The Labute approximate surface area is 167 Å². The predicted octanol–water partition coefficient (Wildman–Crippen LogP) is 4.49. The summed E-state index contributed by atoms with van der Waals surface area (Å²) in [7, 11) is 0. The Morgan fingerprint density at radius 2 is 2.04 bits per heavy atom. The van der Waals surface area contributed by atoms with Gasteiger partial charge in [0.15, 0.2) is 0 Å². The van der Waals surface area contributed by atoms with Crippen LogP contribution in [0.4, 0.5) is 14.5 Å². The van der Waals surface area contributed by atoms with Crippen LogP contribution in [0.15, 0.2) is 12.1 Å². The van der Waals surface area contributed by atoms with Gasteiger partial charge in [0.1, 0.15) is 4.88 Å². The lowest BCUT2D eigenvalue weighted by molar-refractivity contribution is -0.117. The molecule has 1 saturated heterocycles. The number of hydrogen-bond acceptors (Lipinski definition) is 4. The van der Waals surface area contributed by atoms with E-state index in [1.54, 1.807) is 9.80 Å². The number of alkyl halides is 2. The van der Waals surface area contributed by atoms with Crippen molar-refractivity contribution in [2.24, 2.45) is 0 Å². The van der Waals surface area contributed by atoms with Gasteiger partial charge in [-0.05, 0) is 50.2 Å². The first-order valence-corrected chi connectivity index (χ1v) is 10.5. The minimum Gasteiger partial charge on any atom is -0.477 e. The number of likely N-dealkylation sites (tertiary alicyclic amines) is 1. The normalized spacial score (nSPS) is 18.9. The second-order valence-electron chi connectivity index (χ2n) is 7.42. The second kappa shape index (κ2) is 9.13. The smallest absolute Gasteiger partial charge is 0.348 e. The van der Waals surface area contributed by atoms with Gasteiger partial charge >= 0.3 is 5.97 Å². The highest BCUT2D eigenvalue weighted by atomic mass is 32.1. The van der Waals surface area contributed by atoms with E-state index in [0.717, 1.165) is 36.1 Å². The van der Waals surface area contributed by atoms with E-state index in [9.17, 15) is 23.5 Å². The highest BCUT2D eigenvalue weighted by Gasteiger charge is 2.32. The Morgan fingerprint density at radius 3 is 2.57 bits per heavy atom. The first-order valence-electron chi connectivity index (χ1n) is 9.73. The maximum atomic E-state index is 12.6. The molecular formula is C20H26F2N2O3S. The van der Waals surface area contributed by atoms with E-state index >= 15 is 0 Å². The third-order valence-corrected chi connectivity index (χ3v) is 6.62. The van der Waals surface area contributed by atoms with Crippen LogP contribution in [0.25, 0.3) is 5.57 Å². The fourth-order valence-corrected chi connectivity index (χ4v) is 5.17. The van der Waals surface area contributed by atoms with Crippen LogP contribution in [0.5, 0.6) is 0 Å². The molecule has 0 spiro atoms. The van der Waals surface area contributed by atoms with Crippen LogP contribution in [-0.4, -0.2) is 54.0 Å². The van der Waals surface area contributed by atoms with Gasteiger partial charge in [-0.15, -0.1) is 11.3 Å². The molecule has 28 heavy (non-hydrogen) atoms. The van der Waals surface area contributed by atoms with E-state index in [0.29, 0.717) is 31.6 Å². The number of allylic oxidation sites excluding steroid dienone is 2. The van der Waals surface area contributed by atoms with E-state index in [-0.39, 0.29) is 23.4 Å². The van der Waals surface area contributed by atoms with Crippen LogP contribution in [0.2, 0.25) is 0 Å². The summed E-state index contributed by atoms with van der Waals surface area (Å²) in [5.41, 5.74) is 1.60. The van der Waals surface area contributed by atoms with Crippen LogP contribution in [0, 0.1) is 0 Å². The van der Waals surface area contributed by atoms with Gasteiger partial charge in [-0.1, -0.05) is 6.08 Å². The minimum atomic E-state index is -2.37. The fraction of sp³-hybridized carbons (Fsp3) is 0.600. The molecule has 1 aliphatic heterocycles. The molecule has 0 saturated carbocycles. The number of amides is 1. The van der Waals surface area contributed by atoms with E-state index in [1.165, 1.54) is 18.3 Å². The Balaban J connectivity index is 1.85. The predicted molar refractivity (Wildman–Crippen MR) is 106 cm³/mol. The molecule has 1 N–H and O–H groups in total. The number of carboxylic acids is 1. The lowest BCUT2D eigenvalue weighted by atomic mass is 9.98. The molecule has 2 heterocycles. The number of nitrogens with zero attached hydrogens (tertiary/aromatic N) is 2. The summed E-state index contributed by atoms with van der Waals surface area (Å²) < 4.78 is 25.2. The average Bonchev–Trinajstić information content (AvgIpc) is 3.08. The Bertz CT molecular complexity index is 755. The molecule has 0 aromatic carbocycles.